The predicted molar refractivity (Wildman–Crippen MR) is 60.2 cm³/mol. The molecule has 0 atom stereocenters. The summed E-state index contributed by atoms with van der Waals surface area (Å²) in [5.74, 6) is 0. The fraction of sp³-hybridized carbons (Fsp3) is 0.583. The highest BCUT2D eigenvalue weighted by atomic mass is 14.9. The van der Waals surface area contributed by atoms with Crippen molar-refractivity contribution in [2.45, 2.75) is 47.2 Å². The van der Waals surface area contributed by atoms with Crippen molar-refractivity contribution >= 4 is 0 Å². The van der Waals surface area contributed by atoms with Crippen LogP contribution in [0.15, 0.2) is 6.07 Å². The first-order valence-electron chi connectivity index (χ1n) is 5.50. The maximum atomic E-state index is 4.56. The first kappa shape index (κ1) is 11.2. The Morgan fingerprint density at radius 3 is 2.71 bits per heavy atom. The molecular weight excluding hydrogens is 172 g/mol. The molecule has 0 saturated heterocycles. The summed E-state index contributed by atoms with van der Waals surface area (Å²) >= 11 is 0. The monoisotopic (exact) mass is 192 g/mol. The van der Waals surface area contributed by atoms with Gasteiger partial charge in [0.25, 0.3) is 0 Å². The van der Waals surface area contributed by atoms with E-state index in [9.17, 15) is 0 Å². The molecule has 1 aromatic heterocycles. The van der Waals surface area contributed by atoms with E-state index in [2.05, 4.69) is 30.2 Å². The second kappa shape index (κ2) is 5.11. The highest BCUT2D eigenvalue weighted by Gasteiger charge is 2.12. The molecule has 1 aromatic rings. The van der Waals surface area contributed by atoms with Crippen LogP contribution < -0.4 is 5.32 Å². The highest BCUT2D eigenvalue weighted by Crippen LogP contribution is 2.17. The van der Waals surface area contributed by atoms with Crippen LogP contribution in [0.25, 0.3) is 0 Å². The lowest BCUT2D eigenvalue weighted by molar-refractivity contribution is 0.757. The zero-order chi connectivity index (χ0) is 10.6. The van der Waals surface area contributed by atoms with Crippen LogP contribution in [0.5, 0.6) is 0 Å². The van der Waals surface area contributed by atoms with E-state index in [1.165, 1.54) is 22.5 Å². The Bertz CT molecular complexity index is 305. The molecule has 0 radical (unpaired) electrons. The van der Waals surface area contributed by atoms with E-state index in [-0.39, 0.29) is 0 Å². The van der Waals surface area contributed by atoms with Crippen LogP contribution in [0.4, 0.5) is 0 Å². The van der Waals surface area contributed by atoms with E-state index >= 15 is 0 Å². The number of hydrogen-bond donors (Lipinski definition) is 1. The zero-order valence-electron chi connectivity index (χ0n) is 9.65. The van der Waals surface area contributed by atoms with Crippen LogP contribution in [0, 0.1) is 6.92 Å². The SMILES string of the molecule is CC.CCc1cc2c(nc1C)CNC2. The van der Waals surface area contributed by atoms with Gasteiger partial charge in [0.2, 0.25) is 0 Å². The van der Waals surface area contributed by atoms with Gasteiger partial charge in [0, 0.05) is 18.8 Å². The Hall–Kier alpha value is -0.890. The Labute approximate surface area is 86.8 Å². The van der Waals surface area contributed by atoms with E-state index in [4.69, 9.17) is 0 Å². The summed E-state index contributed by atoms with van der Waals surface area (Å²) in [6, 6.07) is 2.29. The molecule has 1 N–H and O–H groups in total. The van der Waals surface area contributed by atoms with Crippen LogP contribution in [-0.4, -0.2) is 4.98 Å². The van der Waals surface area contributed by atoms with Crippen molar-refractivity contribution in [2.75, 3.05) is 0 Å². The Morgan fingerprint density at radius 1 is 1.36 bits per heavy atom. The third-order valence-corrected chi connectivity index (χ3v) is 2.48. The van der Waals surface area contributed by atoms with Gasteiger partial charge in [-0.15, -0.1) is 0 Å². The molecule has 2 heterocycles. The molecule has 2 heteroatoms. The second-order valence-corrected chi connectivity index (χ2v) is 3.30. The standard InChI is InChI=1S/C10H14N2.C2H6/c1-3-8-4-9-5-11-6-10(9)12-7(8)2;1-2/h4,11H,3,5-6H2,1-2H3;1-2H3. The normalized spacial score (nSPS) is 13.1. The van der Waals surface area contributed by atoms with Gasteiger partial charge < -0.3 is 5.32 Å². The van der Waals surface area contributed by atoms with Crippen molar-refractivity contribution in [1.82, 2.24) is 10.3 Å². The smallest absolute Gasteiger partial charge is 0.0590 e. The predicted octanol–water partition coefficient (Wildman–Crippen LogP) is 2.58. The van der Waals surface area contributed by atoms with Crippen LogP contribution in [-0.2, 0) is 19.5 Å². The molecule has 0 spiro atoms. The molecule has 0 aromatic carbocycles. The molecule has 0 unspecified atom stereocenters. The van der Waals surface area contributed by atoms with Gasteiger partial charge in [-0.05, 0) is 24.5 Å². The van der Waals surface area contributed by atoms with Gasteiger partial charge in [-0.2, -0.15) is 0 Å². The minimum absolute atomic E-state index is 0.945. The summed E-state index contributed by atoms with van der Waals surface area (Å²) < 4.78 is 0. The van der Waals surface area contributed by atoms with Crippen molar-refractivity contribution in [3.8, 4) is 0 Å². The first-order chi connectivity index (χ1) is 6.81. The number of rotatable bonds is 1. The molecule has 0 saturated carbocycles. The first-order valence-corrected chi connectivity index (χ1v) is 5.50. The van der Waals surface area contributed by atoms with Gasteiger partial charge in [-0.3, -0.25) is 4.98 Å². The fourth-order valence-electron chi connectivity index (χ4n) is 1.72. The topological polar surface area (TPSA) is 24.9 Å². The van der Waals surface area contributed by atoms with Crippen molar-refractivity contribution in [2.24, 2.45) is 0 Å². The molecule has 0 aliphatic carbocycles. The molecule has 1 aliphatic rings. The molecular formula is C12H20N2. The summed E-state index contributed by atoms with van der Waals surface area (Å²) in [5, 5.41) is 3.30. The van der Waals surface area contributed by atoms with Gasteiger partial charge in [-0.25, -0.2) is 0 Å². The number of hydrogen-bond acceptors (Lipinski definition) is 2. The van der Waals surface area contributed by atoms with E-state index in [0.717, 1.165) is 19.5 Å². The lowest BCUT2D eigenvalue weighted by atomic mass is 10.1. The number of nitrogens with zero attached hydrogens (tertiary/aromatic N) is 1. The van der Waals surface area contributed by atoms with Crippen LogP contribution in [0.3, 0.4) is 0 Å². The number of fused-ring (bicyclic) bond motifs is 1. The van der Waals surface area contributed by atoms with Crippen molar-refractivity contribution in [3.63, 3.8) is 0 Å². The zero-order valence-corrected chi connectivity index (χ0v) is 9.65. The summed E-state index contributed by atoms with van der Waals surface area (Å²) in [7, 11) is 0. The quantitative estimate of drug-likeness (QED) is 0.739. The van der Waals surface area contributed by atoms with Crippen molar-refractivity contribution in [1.29, 1.82) is 0 Å². The minimum Gasteiger partial charge on any atom is -0.307 e. The number of pyridine rings is 1. The molecule has 2 nitrogen and oxygen atoms in total. The third kappa shape index (κ3) is 2.13. The molecule has 14 heavy (non-hydrogen) atoms. The number of aromatic nitrogens is 1. The molecule has 0 bridgehead atoms. The molecule has 78 valence electrons. The lowest BCUT2D eigenvalue weighted by Crippen LogP contribution is -2.00. The van der Waals surface area contributed by atoms with Gasteiger partial charge in [-0.1, -0.05) is 26.8 Å². The summed E-state index contributed by atoms with van der Waals surface area (Å²) in [6.45, 7) is 10.2. The highest BCUT2D eigenvalue weighted by molar-refractivity contribution is 5.32. The Kier molecular flexibility index (Phi) is 4.08. The van der Waals surface area contributed by atoms with Crippen molar-refractivity contribution in [3.05, 3.63) is 28.6 Å². The Balaban J connectivity index is 0.000000461. The summed E-state index contributed by atoms with van der Waals surface area (Å²) in [6.07, 6.45) is 1.09. The van der Waals surface area contributed by atoms with Gasteiger partial charge in [0.05, 0.1) is 5.69 Å². The molecule has 0 fully saturated rings. The van der Waals surface area contributed by atoms with Crippen LogP contribution in [0.2, 0.25) is 0 Å². The van der Waals surface area contributed by atoms with Gasteiger partial charge in [0.1, 0.15) is 0 Å². The van der Waals surface area contributed by atoms with Gasteiger partial charge >= 0.3 is 0 Å². The van der Waals surface area contributed by atoms with E-state index in [1.54, 1.807) is 0 Å². The Morgan fingerprint density at radius 2 is 2.07 bits per heavy atom. The van der Waals surface area contributed by atoms with Crippen molar-refractivity contribution < 1.29 is 0 Å². The average molecular weight is 192 g/mol. The average Bonchev–Trinajstić information content (AvgIpc) is 2.66. The molecule has 1 aliphatic heterocycles. The maximum absolute atomic E-state index is 4.56. The maximum Gasteiger partial charge on any atom is 0.0590 e. The molecule has 2 rings (SSSR count). The summed E-state index contributed by atoms with van der Waals surface area (Å²) in [5.41, 5.74) is 5.21. The van der Waals surface area contributed by atoms with E-state index in [0.29, 0.717) is 0 Å². The minimum atomic E-state index is 0.945. The lowest BCUT2D eigenvalue weighted by Gasteiger charge is -2.04. The van der Waals surface area contributed by atoms with Crippen LogP contribution >= 0.6 is 0 Å². The van der Waals surface area contributed by atoms with Crippen LogP contribution in [0.1, 0.15) is 43.3 Å². The largest absolute Gasteiger partial charge is 0.307 e. The van der Waals surface area contributed by atoms with E-state index < -0.39 is 0 Å². The number of nitrogens with one attached hydrogen (secondary N) is 1. The number of aryl methyl sites for hydroxylation is 2. The summed E-state index contributed by atoms with van der Waals surface area (Å²) in [4.78, 5) is 4.56. The molecule has 0 amide bonds. The van der Waals surface area contributed by atoms with Gasteiger partial charge in [0.15, 0.2) is 0 Å². The van der Waals surface area contributed by atoms with E-state index in [1.807, 2.05) is 13.8 Å². The fourth-order valence-corrected chi connectivity index (χ4v) is 1.72. The second-order valence-electron chi connectivity index (χ2n) is 3.30. The third-order valence-electron chi connectivity index (χ3n) is 2.48.